The predicted molar refractivity (Wildman–Crippen MR) is 71.1 cm³/mol. The van der Waals surface area contributed by atoms with Gasteiger partial charge < -0.3 is 5.73 Å². The molecule has 0 aromatic heterocycles. The fourth-order valence-electron chi connectivity index (χ4n) is 3.86. The van der Waals surface area contributed by atoms with E-state index in [0.717, 1.165) is 13.0 Å². The molecule has 4 heteroatoms. The van der Waals surface area contributed by atoms with Gasteiger partial charge in [-0.2, -0.15) is 0 Å². The molecule has 18 heavy (non-hydrogen) atoms. The number of primary amides is 1. The molecule has 3 N–H and O–H groups in total. The molecule has 0 aromatic rings. The lowest BCUT2D eigenvalue weighted by Crippen LogP contribution is -2.59. The summed E-state index contributed by atoms with van der Waals surface area (Å²) in [6, 6.07) is 1.70. The Labute approximate surface area is 109 Å². The molecule has 2 atom stereocenters. The van der Waals surface area contributed by atoms with Gasteiger partial charge in [0, 0.05) is 24.7 Å². The van der Waals surface area contributed by atoms with Crippen LogP contribution >= 0.6 is 0 Å². The second-order valence-corrected chi connectivity index (χ2v) is 6.53. The highest BCUT2D eigenvalue weighted by Crippen LogP contribution is 2.38. The SMILES string of the molecule is CC1CC(NC2CCCC2)(C(N)=O)CN1C1CC1. The lowest BCUT2D eigenvalue weighted by Gasteiger charge is -2.31. The average Bonchev–Trinajstić information content (AvgIpc) is 2.93. The van der Waals surface area contributed by atoms with Crippen LogP contribution in [0.1, 0.15) is 51.9 Å². The number of nitrogens with two attached hydrogens (primary N) is 1. The van der Waals surface area contributed by atoms with Gasteiger partial charge in [0.15, 0.2) is 0 Å². The molecular formula is C14H25N3O. The number of hydrogen-bond donors (Lipinski definition) is 2. The van der Waals surface area contributed by atoms with Gasteiger partial charge in [-0.1, -0.05) is 12.8 Å². The summed E-state index contributed by atoms with van der Waals surface area (Å²) in [7, 11) is 0. The minimum atomic E-state index is -0.461. The summed E-state index contributed by atoms with van der Waals surface area (Å²) >= 11 is 0. The van der Waals surface area contributed by atoms with Gasteiger partial charge in [0.05, 0.1) is 0 Å². The molecule has 2 aliphatic carbocycles. The molecule has 3 rings (SSSR count). The highest BCUT2D eigenvalue weighted by Gasteiger charge is 2.51. The maximum Gasteiger partial charge on any atom is 0.239 e. The molecule has 0 aromatic carbocycles. The maximum atomic E-state index is 12.0. The molecule has 0 bridgehead atoms. The first-order chi connectivity index (χ1) is 8.61. The lowest BCUT2D eigenvalue weighted by molar-refractivity contribution is -0.124. The van der Waals surface area contributed by atoms with E-state index in [2.05, 4.69) is 17.1 Å². The van der Waals surface area contributed by atoms with Crippen LogP contribution in [0.5, 0.6) is 0 Å². The minimum absolute atomic E-state index is 0.149. The van der Waals surface area contributed by atoms with Crippen LogP contribution in [0.3, 0.4) is 0 Å². The van der Waals surface area contributed by atoms with E-state index in [-0.39, 0.29) is 5.91 Å². The topological polar surface area (TPSA) is 58.4 Å². The van der Waals surface area contributed by atoms with Crippen molar-refractivity contribution in [3.8, 4) is 0 Å². The predicted octanol–water partition coefficient (Wildman–Crippen LogP) is 0.999. The summed E-state index contributed by atoms with van der Waals surface area (Å²) in [5.41, 5.74) is 5.27. The zero-order valence-corrected chi connectivity index (χ0v) is 11.3. The van der Waals surface area contributed by atoms with Crippen LogP contribution in [0.15, 0.2) is 0 Å². The number of amides is 1. The molecule has 102 valence electrons. The third-order valence-corrected chi connectivity index (χ3v) is 4.99. The first-order valence-electron chi connectivity index (χ1n) is 7.44. The first-order valence-corrected chi connectivity index (χ1v) is 7.44. The third kappa shape index (κ3) is 2.16. The number of rotatable bonds is 4. The second kappa shape index (κ2) is 4.49. The Balaban J connectivity index is 1.72. The summed E-state index contributed by atoms with van der Waals surface area (Å²) in [4.78, 5) is 14.5. The highest BCUT2D eigenvalue weighted by atomic mass is 16.1. The van der Waals surface area contributed by atoms with E-state index in [1.807, 2.05) is 0 Å². The summed E-state index contributed by atoms with van der Waals surface area (Å²) in [6.07, 6.45) is 8.45. The fraction of sp³-hybridized carbons (Fsp3) is 0.929. The van der Waals surface area contributed by atoms with Crippen molar-refractivity contribution >= 4 is 5.91 Å². The normalized spacial score (nSPS) is 38.4. The summed E-state index contributed by atoms with van der Waals surface area (Å²) in [5, 5.41) is 3.62. The van der Waals surface area contributed by atoms with Crippen molar-refractivity contribution in [1.82, 2.24) is 10.2 Å². The van der Waals surface area contributed by atoms with Crippen molar-refractivity contribution in [2.45, 2.75) is 75.5 Å². The van der Waals surface area contributed by atoms with E-state index in [0.29, 0.717) is 18.1 Å². The number of carbonyl (C=O) groups is 1. The Morgan fingerprint density at radius 1 is 1.28 bits per heavy atom. The smallest absolute Gasteiger partial charge is 0.239 e. The summed E-state index contributed by atoms with van der Waals surface area (Å²) in [5.74, 6) is -0.149. The van der Waals surface area contributed by atoms with Crippen LogP contribution in [0, 0.1) is 0 Å². The number of nitrogens with zero attached hydrogens (tertiary/aromatic N) is 1. The Bertz CT molecular complexity index is 332. The van der Waals surface area contributed by atoms with Crippen LogP contribution < -0.4 is 11.1 Å². The molecule has 1 aliphatic heterocycles. The van der Waals surface area contributed by atoms with Crippen molar-refractivity contribution < 1.29 is 4.79 Å². The number of nitrogens with one attached hydrogen (secondary N) is 1. The van der Waals surface area contributed by atoms with Gasteiger partial charge in [0.2, 0.25) is 5.91 Å². The van der Waals surface area contributed by atoms with E-state index < -0.39 is 5.54 Å². The van der Waals surface area contributed by atoms with Gasteiger partial charge in [0.1, 0.15) is 5.54 Å². The zero-order valence-electron chi connectivity index (χ0n) is 11.3. The van der Waals surface area contributed by atoms with Gasteiger partial charge in [-0.25, -0.2) is 0 Å². The maximum absolute atomic E-state index is 12.0. The van der Waals surface area contributed by atoms with Crippen molar-refractivity contribution in [3.63, 3.8) is 0 Å². The van der Waals surface area contributed by atoms with Gasteiger partial charge in [0.25, 0.3) is 0 Å². The molecule has 0 spiro atoms. The van der Waals surface area contributed by atoms with E-state index in [4.69, 9.17) is 5.73 Å². The molecule has 1 heterocycles. The molecule has 1 saturated heterocycles. The Hall–Kier alpha value is -0.610. The van der Waals surface area contributed by atoms with E-state index in [9.17, 15) is 4.79 Å². The van der Waals surface area contributed by atoms with Crippen molar-refractivity contribution in [3.05, 3.63) is 0 Å². The zero-order chi connectivity index (χ0) is 12.8. The molecule has 2 unspecified atom stereocenters. The number of likely N-dealkylation sites (tertiary alicyclic amines) is 1. The van der Waals surface area contributed by atoms with Crippen molar-refractivity contribution in [1.29, 1.82) is 0 Å². The van der Waals surface area contributed by atoms with Gasteiger partial charge in [-0.05, 0) is 39.0 Å². The molecule has 4 nitrogen and oxygen atoms in total. The Morgan fingerprint density at radius 3 is 2.50 bits per heavy atom. The van der Waals surface area contributed by atoms with E-state index in [1.54, 1.807) is 0 Å². The van der Waals surface area contributed by atoms with Crippen LogP contribution in [0.25, 0.3) is 0 Å². The highest BCUT2D eigenvalue weighted by molar-refractivity contribution is 5.85. The van der Waals surface area contributed by atoms with Crippen LogP contribution in [-0.4, -0.2) is 41.0 Å². The first kappa shape index (κ1) is 12.4. The molecule has 1 amide bonds. The van der Waals surface area contributed by atoms with Crippen LogP contribution in [0.2, 0.25) is 0 Å². The van der Waals surface area contributed by atoms with Gasteiger partial charge in [-0.15, -0.1) is 0 Å². The lowest BCUT2D eigenvalue weighted by atomic mass is 9.94. The molecule has 3 aliphatic rings. The van der Waals surface area contributed by atoms with Crippen LogP contribution in [0.4, 0.5) is 0 Å². The van der Waals surface area contributed by atoms with E-state index >= 15 is 0 Å². The largest absolute Gasteiger partial charge is 0.368 e. The Morgan fingerprint density at radius 2 is 1.94 bits per heavy atom. The third-order valence-electron chi connectivity index (χ3n) is 4.99. The van der Waals surface area contributed by atoms with Crippen molar-refractivity contribution in [2.75, 3.05) is 6.54 Å². The van der Waals surface area contributed by atoms with Gasteiger partial charge >= 0.3 is 0 Å². The van der Waals surface area contributed by atoms with Crippen LogP contribution in [-0.2, 0) is 4.79 Å². The summed E-state index contributed by atoms with van der Waals surface area (Å²) < 4.78 is 0. The second-order valence-electron chi connectivity index (χ2n) is 6.53. The average molecular weight is 251 g/mol. The van der Waals surface area contributed by atoms with E-state index in [1.165, 1.54) is 38.5 Å². The molecule has 2 saturated carbocycles. The van der Waals surface area contributed by atoms with Crippen molar-refractivity contribution in [2.24, 2.45) is 5.73 Å². The number of hydrogen-bond acceptors (Lipinski definition) is 3. The Kier molecular flexibility index (Phi) is 3.10. The number of carbonyl (C=O) groups excluding carboxylic acids is 1. The molecular weight excluding hydrogens is 226 g/mol. The quantitative estimate of drug-likeness (QED) is 0.783. The standard InChI is InChI=1S/C14H25N3O/c1-10-8-14(13(15)18,9-17(10)12-6-7-12)16-11-4-2-3-5-11/h10-12,16H,2-9H2,1H3,(H2,15,18). The summed E-state index contributed by atoms with van der Waals surface area (Å²) in [6.45, 7) is 3.06. The monoisotopic (exact) mass is 251 g/mol. The fourth-order valence-corrected chi connectivity index (χ4v) is 3.86. The van der Waals surface area contributed by atoms with Gasteiger partial charge in [-0.3, -0.25) is 15.0 Å². The molecule has 0 radical (unpaired) electrons. The molecule has 3 fully saturated rings. The minimum Gasteiger partial charge on any atom is -0.368 e.